The third kappa shape index (κ3) is 4.68. The second-order valence-corrected chi connectivity index (χ2v) is 11.3. The summed E-state index contributed by atoms with van der Waals surface area (Å²) in [5, 5.41) is 0. The summed E-state index contributed by atoms with van der Waals surface area (Å²) in [6.07, 6.45) is 13.3. The van der Waals surface area contributed by atoms with Crippen LogP contribution in [0.25, 0.3) is 0 Å². The number of alkyl halides is 3. The van der Waals surface area contributed by atoms with Crippen molar-refractivity contribution in [3.8, 4) is 5.75 Å². The molecule has 5 atom stereocenters. The fourth-order valence-electron chi connectivity index (χ4n) is 7.38. The van der Waals surface area contributed by atoms with E-state index < -0.39 is 6.36 Å². The molecule has 196 valence electrons. The summed E-state index contributed by atoms with van der Waals surface area (Å²) < 4.78 is 41.9. The lowest BCUT2D eigenvalue weighted by Gasteiger charge is -2.56. The molecule has 0 amide bonds. The Bertz CT molecular complexity index is 986. The monoisotopic (exact) mass is 502 g/mol. The minimum atomic E-state index is -4.67. The van der Waals surface area contributed by atoms with Gasteiger partial charge in [-0.25, -0.2) is 5.43 Å². The lowest BCUT2D eigenvalue weighted by atomic mass is 9.72. The number of ether oxygens (including phenoxy) is 1. The van der Waals surface area contributed by atoms with E-state index >= 15 is 0 Å². The van der Waals surface area contributed by atoms with Crippen LogP contribution in [0.4, 0.5) is 13.2 Å². The van der Waals surface area contributed by atoms with E-state index in [4.69, 9.17) is 5.84 Å². The van der Waals surface area contributed by atoms with Crippen molar-refractivity contribution in [1.82, 2.24) is 15.2 Å². The van der Waals surface area contributed by atoms with Gasteiger partial charge in [-0.1, -0.05) is 37.1 Å². The largest absolute Gasteiger partial charge is 0.573 e. The molecule has 1 aromatic rings. The van der Waals surface area contributed by atoms with Crippen LogP contribution in [0.15, 0.2) is 48.2 Å². The van der Waals surface area contributed by atoms with Crippen molar-refractivity contribution in [2.45, 2.75) is 95.0 Å². The highest BCUT2D eigenvalue weighted by Gasteiger charge is 2.54. The second-order valence-electron chi connectivity index (χ2n) is 11.3. The zero-order valence-electron chi connectivity index (χ0n) is 20.7. The Morgan fingerprint density at radius 3 is 2.44 bits per heavy atom. The van der Waals surface area contributed by atoms with Crippen molar-refractivity contribution < 1.29 is 17.9 Å². The topological polar surface area (TPSA) is 53.8 Å². The first-order valence-corrected chi connectivity index (χ1v) is 13.6. The van der Waals surface area contributed by atoms with E-state index in [0.29, 0.717) is 42.4 Å². The minimum absolute atomic E-state index is 0.169. The molecule has 36 heavy (non-hydrogen) atoms. The van der Waals surface area contributed by atoms with Gasteiger partial charge in [0.15, 0.2) is 0 Å². The van der Waals surface area contributed by atoms with Gasteiger partial charge < -0.3 is 9.64 Å². The highest BCUT2D eigenvalue weighted by molar-refractivity contribution is 5.31. The number of allylic oxidation sites excluding steroid dienone is 3. The number of hydrazine groups is 1. The molecule has 0 bridgehead atoms. The average Bonchev–Trinajstić information content (AvgIpc) is 3.54. The maximum absolute atomic E-state index is 12.6. The number of halogens is 3. The van der Waals surface area contributed by atoms with Crippen LogP contribution in [0.5, 0.6) is 5.75 Å². The molecule has 1 saturated heterocycles. The maximum Gasteiger partial charge on any atom is 0.573 e. The van der Waals surface area contributed by atoms with Crippen LogP contribution >= 0.6 is 0 Å². The van der Waals surface area contributed by atoms with Crippen molar-refractivity contribution >= 4 is 0 Å². The van der Waals surface area contributed by atoms with Gasteiger partial charge in [0, 0.05) is 36.3 Å². The van der Waals surface area contributed by atoms with Crippen LogP contribution in [0.3, 0.4) is 0 Å². The molecule has 1 aromatic carbocycles. The van der Waals surface area contributed by atoms with Crippen LogP contribution in [-0.4, -0.2) is 40.5 Å². The lowest BCUT2D eigenvalue weighted by molar-refractivity contribution is -0.274. The van der Waals surface area contributed by atoms with Gasteiger partial charge in [0.05, 0.1) is 6.17 Å². The first kappa shape index (κ1) is 24.3. The molecule has 5 nitrogen and oxygen atoms in total. The number of piperidine rings is 1. The number of fused-ring (bicyclic) bond motifs is 2. The van der Waals surface area contributed by atoms with Crippen molar-refractivity contribution in [2.24, 2.45) is 23.6 Å². The van der Waals surface area contributed by atoms with Crippen LogP contribution in [-0.2, 0) is 6.54 Å². The number of rotatable bonds is 8. The maximum atomic E-state index is 12.6. The summed E-state index contributed by atoms with van der Waals surface area (Å²) in [4.78, 5) is 5.38. The Morgan fingerprint density at radius 1 is 1.06 bits per heavy atom. The number of likely N-dealkylation sites (tertiary alicyclic amines) is 1. The average molecular weight is 503 g/mol. The Hall–Kier alpha value is -2.03. The fourth-order valence-corrected chi connectivity index (χ4v) is 7.38. The SMILES string of the molecule is NNC(C1CCC1)N(C1CC1)C1C2CC=CC=C2N(Cc2ccc(OC(F)(F)F)cc2)C2CCCC21. The summed E-state index contributed by atoms with van der Waals surface area (Å²) >= 11 is 0. The van der Waals surface area contributed by atoms with E-state index in [2.05, 4.69) is 38.2 Å². The van der Waals surface area contributed by atoms with Gasteiger partial charge in [-0.15, -0.1) is 13.2 Å². The summed E-state index contributed by atoms with van der Waals surface area (Å²) in [5.74, 6) is 7.69. The molecule has 5 unspecified atom stereocenters. The molecule has 3 N–H and O–H groups in total. The molecule has 3 saturated carbocycles. The zero-order valence-corrected chi connectivity index (χ0v) is 20.7. The molecule has 0 aromatic heterocycles. The number of nitrogens with zero attached hydrogens (tertiary/aromatic N) is 2. The van der Waals surface area contributed by atoms with E-state index in [1.807, 2.05) is 0 Å². The summed E-state index contributed by atoms with van der Waals surface area (Å²) in [6, 6.07) is 7.94. The van der Waals surface area contributed by atoms with E-state index in [1.165, 1.54) is 62.8 Å². The van der Waals surface area contributed by atoms with Gasteiger partial charge >= 0.3 is 6.36 Å². The normalized spacial score (nSPS) is 31.0. The van der Waals surface area contributed by atoms with Gasteiger partial charge in [0.2, 0.25) is 0 Å². The molecule has 1 aliphatic heterocycles. The van der Waals surface area contributed by atoms with E-state index in [-0.39, 0.29) is 11.9 Å². The quantitative estimate of drug-likeness (QED) is 0.281. The number of nitrogens with two attached hydrogens (primary N) is 1. The van der Waals surface area contributed by atoms with E-state index in [1.54, 1.807) is 12.1 Å². The summed E-state index contributed by atoms with van der Waals surface area (Å²) in [5.41, 5.74) is 5.65. The van der Waals surface area contributed by atoms with E-state index in [0.717, 1.165) is 18.4 Å². The van der Waals surface area contributed by atoms with Crippen LogP contribution in [0.2, 0.25) is 0 Å². The van der Waals surface area contributed by atoms with Gasteiger partial charge in [0.1, 0.15) is 5.75 Å². The Kier molecular flexibility index (Phi) is 6.55. The highest BCUT2D eigenvalue weighted by Crippen LogP contribution is 2.52. The molecular formula is C28H37F3N4O. The smallest absolute Gasteiger partial charge is 0.406 e. The fraction of sp³-hybridized carbons (Fsp3) is 0.643. The molecule has 4 aliphatic carbocycles. The molecule has 4 fully saturated rings. The van der Waals surface area contributed by atoms with Gasteiger partial charge in [-0.3, -0.25) is 10.7 Å². The molecule has 0 radical (unpaired) electrons. The van der Waals surface area contributed by atoms with Crippen molar-refractivity contribution in [2.75, 3.05) is 0 Å². The van der Waals surface area contributed by atoms with Gasteiger partial charge in [-0.2, -0.15) is 0 Å². The van der Waals surface area contributed by atoms with Gasteiger partial charge in [-0.05, 0) is 80.6 Å². The molecule has 6 rings (SSSR count). The summed E-state index contributed by atoms with van der Waals surface area (Å²) in [6.45, 7) is 0.709. The molecular weight excluding hydrogens is 465 g/mol. The van der Waals surface area contributed by atoms with Crippen LogP contribution in [0, 0.1) is 17.8 Å². The van der Waals surface area contributed by atoms with Gasteiger partial charge in [0.25, 0.3) is 0 Å². The molecule has 8 heteroatoms. The Morgan fingerprint density at radius 2 is 1.81 bits per heavy atom. The number of hydrogen-bond acceptors (Lipinski definition) is 5. The minimum Gasteiger partial charge on any atom is -0.406 e. The predicted molar refractivity (Wildman–Crippen MR) is 132 cm³/mol. The lowest BCUT2D eigenvalue weighted by Crippen LogP contribution is -2.66. The number of hydrogen-bond donors (Lipinski definition) is 2. The molecule has 1 heterocycles. The van der Waals surface area contributed by atoms with Crippen molar-refractivity contribution in [3.63, 3.8) is 0 Å². The van der Waals surface area contributed by atoms with Crippen molar-refractivity contribution in [3.05, 3.63) is 53.8 Å². The zero-order chi connectivity index (χ0) is 24.9. The standard InChI is InChI=1S/C28H37F3N4O/c29-28(30,31)36-21-15-11-18(12-16-21)17-34-24-9-2-1-7-22(24)26(23-8-4-10-25(23)34)35(20-13-14-20)27(33-32)19-5-3-6-19/h1-2,9,11-12,15-16,19-20,22-23,25-27,33H,3-8,10,13-14,17,32H2. The molecule has 5 aliphatic rings. The second kappa shape index (κ2) is 9.69. The summed E-state index contributed by atoms with van der Waals surface area (Å²) in [7, 11) is 0. The highest BCUT2D eigenvalue weighted by atomic mass is 19.4. The number of nitrogens with one attached hydrogen (secondary N) is 1. The first-order chi connectivity index (χ1) is 17.4. The Labute approximate surface area is 211 Å². The van der Waals surface area contributed by atoms with E-state index in [9.17, 15) is 13.2 Å². The number of benzene rings is 1. The van der Waals surface area contributed by atoms with Crippen LogP contribution in [0.1, 0.15) is 63.4 Å². The predicted octanol–water partition coefficient (Wildman–Crippen LogP) is 5.45. The third-order valence-electron chi connectivity index (χ3n) is 9.20. The van der Waals surface area contributed by atoms with Crippen LogP contribution < -0.4 is 16.0 Å². The third-order valence-corrected chi connectivity index (χ3v) is 9.20. The molecule has 0 spiro atoms. The Balaban J connectivity index is 1.28. The first-order valence-electron chi connectivity index (χ1n) is 13.6. The van der Waals surface area contributed by atoms with Crippen molar-refractivity contribution in [1.29, 1.82) is 0 Å².